The van der Waals surface area contributed by atoms with Crippen LogP contribution in [0.5, 0.6) is 0 Å². The van der Waals surface area contributed by atoms with Crippen LogP contribution in [0.1, 0.15) is 50.5 Å². The summed E-state index contributed by atoms with van der Waals surface area (Å²) in [5.41, 5.74) is 8.10. The molecule has 2 N–H and O–H groups in total. The zero-order chi connectivity index (χ0) is 10.7. The molecule has 0 unspecified atom stereocenters. The number of hydrogen-bond acceptors (Lipinski definition) is 1. The predicted octanol–water partition coefficient (Wildman–Crippen LogP) is 3.95. The van der Waals surface area contributed by atoms with Gasteiger partial charge in [0.25, 0.3) is 0 Å². The van der Waals surface area contributed by atoms with Gasteiger partial charge in [0.2, 0.25) is 0 Å². The summed E-state index contributed by atoms with van der Waals surface area (Å²) < 4.78 is 0. The number of nitrogens with two attached hydrogens (primary N) is 1. The van der Waals surface area contributed by atoms with E-state index < -0.39 is 0 Å². The Balaban J connectivity index is 2.16. The molecular weight excluding hydrogens is 182 g/mol. The second kappa shape index (κ2) is 4.69. The molecule has 0 aliphatic heterocycles. The van der Waals surface area contributed by atoms with E-state index >= 15 is 0 Å². The number of rotatable bonds is 2. The molecule has 1 heteroatoms. The maximum absolute atomic E-state index is 5.72. The van der Waals surface area contributed by atoms with Crippen LogP contribution in [-0.2, 0) is 0 Å². The maximum atomic E-state index is 5.72. The minimum Gasteiger partial charge on any atom is -0.399 e. The van der Waals surface area contributed by atoms with Crippen molar-refractivity contribution in [3.63, 3.8) is 0 Å². The Bertz CT molecular complexity index is 302. The Labute approximate surface area is 92.7 Å². The summed E-state index contributed by atoms with van der Waals surface area (Å²) in [5, 5.41) is 0. The molecule has 1 saturated carbocycles. The third kappa shape index (κ3) is 2.34. The first kappa shape index (κ1) is 10.5. The minimum absolute atomic E-state index is 0.782. The lowest BCUT2D eigenvalue weighted by atomic mass is 9.74. The van der Waals surface area contributed by atoms with Crippen molar-refractivity contribution < 1.29 is 0 Å². The molecule has 1 nitrogen and oxygen atoms in total. The summed E-state index contributed by atoms with van der Waals surface area (Å²) in [6.45, 7) is 2.32. The fraction of sp³-hybridized carbons (Fsp3) is 0.571. The Morgan fingerprint density at radius 2 is 1.80 bits per heavy atom. The SMILES string of the molecule is CC[C@H]1CCCC[C@@H]1c1ccc(N)cc1. The summed E-state index contributed by atoms with van der Waals surface area (Å²) in [6.07, 6.45) is 6.90. The predicted molar refractivity (Wildman–Crippen MR) is 65.8 cm³/mol. The Morgan fingerprint density at radius 1 is 1.13 bits per heavy atom. The summed E-state index contributed by atoms with van der Waals surface area (Å²) in [7, 11) is 0. The van der Waals surface area contributed by atoms with Gasteiger partial charge in [-0.15, -0.1) is 0 Å². The van der Waals surface area contributed by atoms with Gasteiger partial charge < -0.3 is 5.73 Å². The molecule has 0 heterocycles. The molecule has 0 saturated heterocycles. The molecule has 0 amide bonds. The smallest absolute Gasteiger partial charge is 0.0314 e. The lowest BCUT2D eigenvalue weighted by molar-refractivity contribution is 0.299. The lowest BCUT2D eigenvalue weighted by Crippen LogP contribution is -2.16. The van der Waals surface area contributed by atoms with Crippen molar-refractivity contribution in [3.8, 4) is 0 Å². The molecule has 0 aromatic heterocycles. The van der Waals surface area contributed by atoms with Crippen LogP contribution in [0.15, 0.2) is 24.3 Å². The van der Waals surface area contributed by atoms with Crippen molar-refractivity contribution in [3.05, 3.63) is 29.8 Å². The van der Waals surface area contributed by atoms with Crippen LogP contribution >= 0.6 is 0 Å². The van der Waals surface area contributed by atoms with Gasteiger partial charge >= 0.3 is 0 Å². The normalized spacial score (nSPS) is 26.5. The first-order valence-corrected chi connectivity index (χ1v) is 6.16. The Kier molecular flexibility index (Phi) is 3.30. The van der Waals surface area contributed by atoms with Crippen molar-refractivity contribution >= 4 is 5.69 Å². The van der Waals surface area contributed by atoms with Crippen molar-refractivity contribution in [2.24, 2.45) is 5.92 Å². The maximum Gasteiger partial charge on any atom is 0.0314 e. The Hall–Kier alpha value is -0.980. The van der Waals surface area contributed by atoms with Crippen molar-refractivity contribution in [2.45, 2.75) is 44.9 Å². The number of benzene rings is 1. The molecule has 82 valence electrons. The van der Waals surface area contributed by atoms with Crippen LogP contribution in [0, 0.1) is 5.92 Å². The highest BCUT2D eigenvalue weighted by molar-refractivity contribution is 5.40. The van der Waals surface area contributed by atoms with Crippen molar-refractivity contribution in [1.29, 1.82) is 0 Å². The molecule has 0 bridgehead atoms. The van der Waals surface area contributed by atoms with Crippen LogP contribution in [0.2, 0.25) is 0 Å². The molecule has 1 fully saturated rings. The number of nitrogen functional groups attached to an aromatic ring is 1. The van der Waals surface area contributed by atoms with Crippen LogP contribution in [0.4, 0.5) is 5.69 Å². The molecule has 0 radical (unpaired) electrons. The van der Waals surface area contributed by atoms with Gasteiger partial charge in [-0.2, -0.15) is 0 Å². The molecule has 0 spiro atoms. The van der Waals surface area contributed by atoms with Crippen LogP contribution in [0.25, 0.3) is 0 Å². The van der Waals surface area contributed by atoms with Gasteiger partial charge in [-0.25, -0.2) is 0 Å². The van der Waals surface area contributed by atoms with Gasteiger partial charge in [0.05, 0.1) is 0 Å². The molecule has 2 rings (SSSR count). The average Bonchev–Trinajstić information content (AvgIpc) is 2.30. The highest BCUT2D eigenvalue weighted by Crippen LogP contribution is 2.39. The van der Waals surface area contributed by atoms with E-state index in [1.54, 1.807) is 0 Å². The molecule has 1 aliphatic carbocycles. The van der Waals surface area contributed by atoms with Gasteiger partial charge in [-0.1, -0.05) is 38.3 Å². The highest BCUT2D eigenvalue weighted by atomic mass is 14.5. The van der Waals surface area contributed by atoms with Gasteiger partial charge in [0.1, 0.15) is 0 Å². The van der Waals surface area contributed by atoms with E-state index in [4.69, 9.17) is 5.73 Å². The molecule has 2 atom stereocenters. The van der Waals surface area contributed by atoms with E-state index in [1.165, 1.54) is 37.7 Å². The summed E-state index contributed by atoms with van der Waals surface area (Å²) in [5.74, 6) is 1.67. The van der Waals surface area contributed by atoms with Crippen LogP contribution < -0.4 is 5.73 Å². The monoisotopic (exact) mass is 203 g/mol. The van der Waals surface area contributed by atoms with Gasteiger partial charge in [-0.3, -0.25) is 0 Å². The average molecular weight is 203 g/mol. The second-order valence-electron chi connectivity index (χ2n) is 4.73. The summed E-state index contributed by atoms with van der Waals surface area (Å²) in [6, 6.07) is 8.51. The van der Waals surface area contributed by atoms with E-state index in [1.807, 2.05) is 12.1 Å². The van der Waals surface area contributed by atoms with Gasteiger partial charge in [0, 0.05) is 5.69 Å². The van der Waals surface area contributed by atoms with E-state index in [0.717, 1.165) is 17.5 Å². The quantitative estimate of drug-likeness (QED) is 0.723. The zero-order valence-corrected chi connectivity index (χ0v) is 9.58. The second-order valence-corrected chi connectivity index (χ2v) is 4.73. The first-order valence-electron chi connectivity index (χ1n) is 6.16. The summed E-state index contributed by atoms with van der Waals surface area (Å²) >= 11 is 0. The van der Waals surface area contributed by atoms with Crippen LogP contribution in [0.3, 0.4) is 0 Å². The third-order valence-corrected chi connectivity index (χ3v) is 3.80. The number of anilines is 1. The summed E-state index contributed by atoms with van der Waals surface area (Å²) in [4.78, 5) is 0. The molecule has 15 heavy (non-hydrogen) atoms. The molecular formula is C14H21N. The fourth-order valence-corrected chi connectivity index (χ4v) is 2.88. The Morgan fingerprint density at radius 3 is 2.47 bits per heavy atom. The van der Waals surface area contributed by atoms with E-state index in [2.05, 4.69) is 19.1 Å². The third-order valence-electron chi connectivity index (χ3n) is 3.80. The van der Waals surface area contributed by atoms with E-state index in [0.29, 0.717) is 0 Å². The van der Waals surface area contributed by atoms with Crippen molar-refractivity contribution in [2.75, 3.05) is 5.73 Å². The van der Waals surface area contributed by atoms with Gasteiger partial charge in [0.15, 0.2) is 0 Å². The highest BCUT2D eigenvalue weighted by Gasteiger charge is 2.24. The molecule has 1 aromatic carbocycles. The fourth-order valence-electron chi connectivity index (χ4n) is 2.88. The topological polar surface area (TPSA) is 26.0 Å². The standard InChI is InChI=1S/C14H21N/c1-2-11-5-3-4-6-14(11)12-7-9-13(15)10-8-12/h7-11,14H,2-6,15H2,1H3/t11-,14-/m0/s1. The lowest BCUT2D eigenvalue weighted by Gasteiger charge is -2.31. The van der Waals surface area contributed by atoms with E-state index in [9.17, 15) is 0 Å². The molecule has 1 aromatic rings. The number of hydrogen-bond donors (Lipinski definition) is 1. The first-order chi connectivity index (χ1) is 7.31. The van der Waals surface area contributed by atoms with Crippen LogP contribution in [-0.4, -0.2) is 0 Å². The zero-order valence-electron chi connectivity index (χ0n) is 9.58. The molecule has 1 aliphatic rings. The largest absolute Gasteiger partial charge is 0.399 e. The van der Waals surface area contributed by atoms with Crippen molar-refractivity contribution in [1.82, 2.24) is 0 Å². The minimum atomic E-state index is 0.782. The van der Waals surface area contributed by atoms with E-state index in [-0.39, 0.29) is 0 Å². The van der Waals surface area contributed by atoms with Gasteiger partial charge in [-0.05, 0) is 42.4 Å².